The van der Waals surface area contributed by atoms with Gasteiger partial charge in [-0.05, 0) is 18.4 Å². The van der Waals surface area contributed by atoms with E-state index in [9.17, 15) is 4.79 Å². The first-order valence-corrected chi connectivity index (χ1v) is 7.64. The number of nitrogens with one attached hydrogen (secondary N) is 1. The van der Waals surface area contributed by atoms with Crippen molar-refractivity contribution in [2.24, 2.45) is 5.92 Å². The molecule has 1 saturated carbocycles. The van der Waals surface area contributed by atoms with E-state index in [0.717, 1.165) is 24.9 Å². The lowest BCUT2D eigenvalue weighted by molar-refractivity contribution is -0.124. The van der Waals surface area contributed by atoms with Gasteiger partial charge in [0.2, 0.25) is 5.91 Å². The Kier molecular flexibility index (Phi) is 4.34. The molecule has 1 heterocycles. The van der Waals surface area contributed by atoms with Crippen molar-refractivity contribution in [3.05, 3.63) is 53.9 Å². The summed E-state index contributed by atoms with van der Waals surface area (Å²) in [7, 11) is 0. The molecule has 1 fully saturated rings. The van der Waals surface area contributed by atoms with Gasteiger partial charge in [0.25, 0.3) is 0 Å². The van der Waals surface area contributed by atoms with E-state index < -0.39 is 0 Å². The normalized spacial score (nSPS) is 15.2. The van der Waals surface area contributed by atoms with Crippen LogP contribution in [0.5, 0.6) is 0 Å². The van der Waals surface area contributed by atoms with Gasteiger partial charge in [-0.3, -0.25) is 9.48 Å². The van der Waals surface area contributed by atoms with Crippen LogP contribution in [0.1, 0.15) is 36.8 Å². The van der Waals surface area contributed by atoms with Crippen molar-refractivity contribution in [1.82, 2.24) is 15.1 Å². The predicted octanol–water partition coefficient (Wildman–Crippen LogP) is 2.74. The maximum Gasteiger partial charge on any atom is 0.223 e. The summed E-state index contributed by atoms with van der Waals surface area (Å²) in [6.07, 6.45) is 8.29. The van der Waals surface area contributed by atoms with E-state index in [2.05, 4.69) is 22.5 Å². The van der Waals surface area contributed by atoms with Crippen LogP contribution >= 0.6 is 0 Å². The Morgan fingerprint density at radius 2 is 1.95 bits per heavy atom. The van der Waals surface area contributed by atoms with Crippen molar-refractivity contribution in [2.45, 2.75) is 38.8 Å². The van der Waals surface area contributed by atoms with Gasteiger partial charge < -0.3 is 5.32 Å². The molecule has 0 aliphatic heterocycles. The van der Waals surface area contributed by atoms with Crippen LogP contribution in [0.15, 0.2) is 42.7 Å². The predicted molar refractivity (Wildman–Crippen MR) is 81.6 cm³/mol. The van der Waals surface area contributed by atoms with Crippen molar-refractivity contribution in [3.8, 4) is 0 Å². The first-order chi connectivity index (χ1) is 10.3. The number of hydrogen-bond donors (Lipinski definition) is 1. The number of amides is 1. The van der Waals surface area contributed by atoms with Crippen LogP contribution in [0.25, 0.3) is 0 Å². The molecular weight excluding hydrogens is 262 g/mol. The number of benzene rings is 1. The zero-order chi connectivity index (χ0) is 14.5. The Labute approximate surface area is 125 Å². The van der Waals surface area contributed by atoms with Crippen LogP contribution in [-0.2, 0) is 17.9 Å². The molecule has 1 aliphatic carbocycles. The quantitative estimate of drug-likeness (QED) is 0.917. The summed E-state index contributed by atoms with van der Waals surface area (Å²) in [5.41, 5.74) is 2.28. The number of carbonyl (C=O) groups is 1. The maximum atomic E-state index is 12.0. The monoisotopic (exact) mass is 283 g/mol. The van der Waals surface area contributed by atoms with Gasteiger partial charge in [-0.25, -0.2) is 0 Å². The SMILES string of the molecule is O=C(NCc1cnn(Cc2ccccc2)c1)C1CCCC1. The van der Waals surface area contributed by atoms with Gasteiger partial charge in [-0.2, -0.15) is 5.10 Å². The zero-order valence-corrected chi connectivity index (χ0v) is 12.2. The van der Waals surface area contributed by atoms with Crippen molar-refractivity contribution in [3.63, 3.8) is 0 Å². The third-order valence-corrected chi connectivity index (χ3v) is 4.07. The second-order valence-corrected chi connectivity index (χ2v) is 5.73. The summed E-state index contributed by atoms with van der Waals surface area (Å²) in [5, 5.41) is 7.38. The van der Waals surface area contributed by atoms with E-state index in [1.54, 1.807) is 0 Å². The summed E-state index contributed by atoms with van der Waals surface area (Å²) in [6, 6.07) is 10.2. The molecule has 0 unspecified atom stereocenters. The zero-order valence-electron chi connectivity index (χ0n) is 12.2. The smallest absolute Gasteiger partial charge is 0.223 e. The van der Waals surface area contributed by atoms with Crippen molar-refractivity contribution in [2.75, 3.05) is 0 Å². The summed E-state index contributed by atoms with van der Waals surface area (Å²) in [5.74, 6) is 0.424. The molecule has 0 atom stereocenters. The average molecular weight is 283 g/mol. The van der Waals surface area contributed by atoms with E-state index >= 15 is 0 Å². The van der Waals surface area contributed by atoms with Gasteiger partial charge in [0.1, 0.15) is 0 Å². The molecule has 0 bridgehead atoms. The molecule has 1 N–H and O–H groups in total. The fourth-order valence-electron chi connectivity index (χ4n) is 2.88. The standard InChI is InChI=1S/C17H21N3O/c21-17(16-8-4-5-9-16)18-10-15-11-19-20(13-15)12-14-6-2-1-3-7-14/h1-3,6-7,11,13,16H,4-5,8-10,12H2,(H,18,21). The fourth-order valence-corrected chi connectivity index (χ4v) is 2.88. The van der Waals surface area contributed by atoms with E-state index in [4.69, 9.17) is 0 Å². The lowest BCUT2D eigenvalue weighted by Crippen LogP contribution is -2.28. The lowest BCUT2D eigenvalue weighted by atomic mass is 10.1. The van der Waals surface area contributed by atoms with Crippen molar-refractivity contribution >= 4 is 5.91 Å². The molecule has 1 aromatic carbocycles. The lowest BCUT2D eigenvalue weighted by Gasteiger charge is -2.09. The van der Waals surface area contributed by atoms with Crippen LogP contribution in [-0.4, -0.2) is 15.7 Å². The van der Waals surface area contributed by atoms with Gasteiger partial charge >= 0.3 is 0 Å². The number of nitrogens with zero attached hydrogens (tertiary/aromatic N) is 2. The van der Waals surface area contributed by atoms with Crippen LogP contribution in [0.3, 0.4) is 0 Å². The number of carbonyl (C=O) groups excluding carboxylic acids is 1. The van der Waals surface area contributed by atoms with Crippen LogP contribution in [0.2, 0.25) is 0 Å². The van der Waals surface area contributed by atoms with Crippen LogP contribution < -0.4 is 5.32 Å². The summed E-state index contributed by atoms with van der Waals surface area (Å²) in [6.45, 7) is 1.33. The molecule has 4 heteroatoms. The minimum atomic E-state index is 0.198. The molecule has 3 rings (SSSR count). The van der Waals surface area contributed by atoms with Gasteiger partial charge in [0.05, 0.1) is 12.7 Å². The molecule has 0 radical (unpaired) electrons. The number of hydrogen-bond acceptors (Lipinski definition) is 2. The Balaban J connectivity index is 1.52. The highest BCUT2D eigenvalue weighted by atomic mass is 16.1. The Hall–Kier alpha value is -2.10. The van der Waals surface area contributed by atoms with Crippen LogP contribution in [0.4, 0.5) is 0 Å². The molecule has 1 aromatic heterocycles. The third-order valence-electron chi connectivity index (χ3n) is 4.07. The van der Waals surface area contributed by atoms with E-state index in [-0.39, 0.29) is 11.8 Å². The highest BCUT2D eigenvalue weighted by Gasteiger charge is 2.22. The Morgan fingerprint density at radius 1 is 1.19 bits per heavy atom. The highest BCUT2D eigenvalue weighted by molar-refractivity contribution is 5.78. The highest BCUT2D eigenvalue weighted by Crippen LogP contribution is 2.24. The topological polar surface area (TPSA) is 46.9 Å². The minimum Gasteiger partial charge on any atom is -0.352 e. The van der Waals surface area contributed by atoms with Crippen molar-refractivity contribution in [1.29, 1.82) is 0 Å². The largest absolute Gasteiger partial charge is 0.352 e. The Morgan fingerprint density at radius 3 is 2.71 bits per heavy atom. The van der Waals surface area contributed by atoms with Gasteiger partial charge in [-0.1, -0.05) is 43.2 Å². The second-order valence-electron chi connectivity index (χ2n) is 5.73. The molecule has 110 valence electrons. The second kappa shape index (κ2) is 6.57. The minimum absolute atomic E-state index is 0.198. The Bertz CT molecular complexity index is 585. The molecule has 2 aromatic rings. The maximum absolute atomic E-state index is 12.0. The molecule has 0 saturated heterocycles. The molecule has 1 aliphatic rings. The molecule has 4 nitrogen and oxygen atoms in total. The third kappa shape index (κ3) is 3.72. The van der Waals surface area contributed by atoms with Gasteiger partial charge in [0, 0.05) is 24.2 Å². The summed E-state index contributed by atoms with van der Waals surface area (Å²) in [4.78, 5) is 12.0. The summed E-state index contributed by atoms with van der Waals surface area (Å²) >= 11 is 0. The fraction of sp³-hybridized carbons (Fsp3) is 0.412. The molecule has 0 spiro atoms. The summed E-state index contributed by atoms with van der Waals surface area (Å²) < 4.78 is 1.91. The van der Waals surface area contributed by atoms with E-state index in [1.807, 2.05) is 35.3 Å². The number of aromatic nitrogens is 2. The molecule has 1 amide bonds. The van der Waals surface area contributed by atoms with Crippen molar-refractivity contribution < 1.29 is 4.79 Å². The van der Waals surface area contributed by atoms with Gasteiger partial charge in [0.15, 0.2) is 0 Å². The first kappa shape index (κ1) is 13.9. The molecular formula is C17H21N3O. The average Bonchev–Trinajstić information content (AvgIpc) is 3.17. The van der Waals surface area contributed by atoms with Crippen LogP contribution in [0, 0.1) is 5.92 Å². The van der Waals surface area contributed by atoms with E-state index in [0.29, 0.717) is 6.54 Å². The molecule has 21 heavy (non-hydrogen) atoms. The first-order valence-electron chi connectivity index (χ1n) is 7.64. The number of rotatable bonds is 5. The van der Waals surface area contributed by atoms with Gasteiger partial charge in [-0.15, -0.1) is 0 Å². The van der Waals surface area contributed by atoms with E-state index in [1.165, 1.54) is 18.4 Å².